The second kappa shape index (κ2) is 10.2. The molecule has 1 aliphatic rings. The number of alkyl halides is 3. The van der Waals surface area contributed by atoms with Gasteiger partial charge >= 0.3 is 6.18 Å². The summed E-state index contributed by atoms with van der Waals surface area (Å²) in [4.78, 5) is 33.5. The van der Waals surface area contributed by atoms with Crippen molar-refractivity contribution >= 4 is 22.6 Å². The highest BCUT2D eigenvalue weighted by Crippen LogP contribution is 2.28. The van der Waals surface area contributed by atoms with Gasteiger partial charge in [-0.15, -0.1) is 0 Å². The number of nitrogens with zero attached hydrogens (tertiary/aromatic N) is 4. The second-order valence-electron chi connectivity index (χ2n) is 7.98. The van der Waals surface area contributed by atoms with Crippen LogP contribution in [0.1, 0.15) is 24.0 Å². The summed E-state index contributed by atoms with van der Waals surface area (Å²) in [5, 5.41) is 10.5. The molecule has 0 saturated carbocycles. The van der Waals surface area contributed by atoms with Crippen molar-refractivity contribution in [2.75, 3.05) is 31.2 Å². The number of piperidine rings is 1. The van der Waals surface area contributed by atoms with E-state index in [9.17, 15) is 22.8 Å². The summed E-state index contributed by atoms with van der Waals surface area (Å²) in [6.07, 6.45) is 0.452. The second-order valence-corrected chi connectivity index (χ2v) is 7.98. The molecule has 1 aliphatic heterocycles. The maximum absolute atomic E-state index is 12.6. The van der Waals surface area contributed by atoms with Crippen molar-refractivity contribution in [3.05, 3.63) is 58.3 Å². The Kier molecular flexibility index (Phi) is 7.06. The normalized spacial score (nSPS) is 15.0. The molecule has 2 aromatic heterocycles. The highest BCUT2D eigenvalue weighted by atomic mass is 19.4. The van der Waals surface area contributed by atoms with Crippen LogP contribution in [0.4, 0.5) is 19.1 Å². The summed E-state index contributed by atoms with van der Waals surface area (Å²) < 4.78 is 43.5. The molecule has 0 spiro atoms. The van der Waals surface area contributed by atoms with E-state index in [-0.39, 0.29) is 30.1 Å². The fourth-order valence-electron chi connectivity index (χ4n) is 3.87. The highest BCUT2D eigenvalue weighted by Gasteiger charge is 2.32. The number of hydrogen-bond donors (Lipinski definition) is 2. The number of hydrogen-bond acceptors (Lipinski definition) is 7. The number of H-pyrrole nitrogens is 1. The molecular weight excluding hydrogens is 453 g/mol. The first-order chi connectivity index (χ1) is 16.3. The van der Waals surface area contributed by atoms with E-state index in [1.54, 1.807) is 23.2 Å². The predicted molar refractivity (Wildman–Crippen MR) is 117 cm³/mol. The molecule has 0 radical (unpaired) electrons. The molecule has 0 aliphatic carbocycles. The number of carbonyl (C=O) groups excluding carboxylic acids is 1. The number of rotatable bonds is 7. The van der Waals surface area contributed by atoms with Gasteiger partial charge in [0, 0.05) is 36.9 Å². The zero-order valence-electron chi connectivity index (χ0n) is 18.1. The lowest BCUT2D eigenvalue weighted by Gasteiger charge is -2.32. The molecule has 9 nitrogen and oxygen atoms in total. The van der Waals surface area contributed by atoms with Crippen LogP contribution in [0.15, 0.2) is 41.6 Å². The first-order valence-electron chi connectivity index (χ1n) is 10.8. The summed E-state index contributed by atoms with van der Waals surface area (Å²) in [5.74, 6) is 0.00648. The van der Waals surface area contributed by atoms with Crippen molar-refractivity contribution in [3.8, 4) is 0 Å². The Morgan fingerprint density at radius 3 is 2.59 bits per heavy atom. The third-order valence-corrected chi connectivity index (χ3v) is 5.66. The van der Waals surface area contributed by atoms with Crippen LogP contribution in [0.25, 0.3) is 10.8 Å². The highest BCUT2D eigenvalue weighted by molar-refractivity contribution is 5.83. The minimum atomic E-state index is -4.47. The number of carbonyl (C=O) groups is 1. The zero-order chi connectivity index (χ0) is 24.1. The molecule has 0 atom stereocenters. The smallest absolute Gasteiger partial charge is 0.371 e. The molecule has 1 fully saturated rings. The average Bonchev–Trinajstić information content (AvgIpc) is 2.82. The first-order valence-corrected chi connectivity index (χ1v) is 10.8. The van der Waals surface area contributed by atoms with Gasteiger partial charge in [0.1, 0.15) is 6.61 Å². The number of benzene rings is 1. The van der Waals surface area contributed by atoms with Gasteiger partial charge in [-0.3, -0.25) is 9.59 Å². The van der Waals surface area contributed by atoms with Crippen molar-refractivity contribution in [1.29, 1.82) is 0 Å². The van der Waals surface area contributed by atoms with E-state index in [1.807, 2.05) is 6.07 Å². The van der Waals surface area contributed by atoms with Crippen LogP contribution in [0, 0.1) is 0 Å². The lowest BCUT2D eigenvalue weighted by molar-refractivity contribution is -0.138. The molecule has 1 saturated heterocycles. The number of anilines is 1. The zero-order valence-corrected chi connectivity index (χ0v) is 18.1. The van der Waals surface area contributed by atoms with Crippen molar-refractivity contribution in [1.82, 2.24) is 25.5 Å². The van der Waals surface area contributed by atoms with E-state index in [1.165, 1.54) is 0 Å². The van der Waals surface area contributed by atoms with Crippen molar-refractivity contribution < 1.29 is 22.7 Å². The van der Waals surface area contributed by atoms with Gasteiger partial charge in [0.05, 0.1) is 23.8 Å². The van der Waals surface area contributed by atoms with Gasteiger partial charge in [-0.2, -0.15) is 18.3 Å². The van der Waals surface area contributed by atoms with Crippen molar-refractivity contribution in [2.24, 2.45) is 0 Å². The van der Waals surface area contributed by atoms with Gasteiger partial charge in [0.15, 0.2) is 0 Å². The number of fused-ring (bicyclic) bond motifs is 1. The molecule has 1 aromatic carbocycles. The number of halogens is 3. The fraction of sp³-hybridized carbons (Fsp3) is 0.409. The van der Waals surface area contributed by atoms with Crippen molar-refractivity contribution in [3.63, 3.8) is 0 Å². The number of aromatic amines is 1. The molecule has 4 rings (SSSR count). The predicted octanol–water partition coefficient (Wildman–Crippen LogP) is 2.08. The van der Waals surface area contributed by atoms with E-state index < -0.39 is 11.7 Å². The largest absolute Gasteiger partial charge is 0.419 e. The van der Waals surface area contributed by atoms with Gasteiger partial charge in [-0.1, -0.05) is 12.1 Å². The topological polar surface area (TPSA) is 113 Å². The molecule has 12 heteroatoms. The van der Waals surface area contributed by atoms with E-state index in [0.717, 1.165) is 23.3 Å². The van der Waals surface area contributed by atoms with Gasteiger partial charge in [0.2, 0.25) is 11.9 Å². The third-order valence-electron chi connectivity index (χ3n) is 5.66. The fourth-order valence-corrected chi connectivity index (χ4v) is 3.87. The van der Waals surface area contributed by atoms with E-state index in [4.69, 9.17) is 4.74 Å². The van der Waals surface area contributed by atoms with Gasteiger partial charge in [-0.05, 0) is 30.9 Å². The standard InChI is InChI=1S/C22H23F3N6O3/c23-22(24,25)15-10-26-21(27-11-15)31-7-4-16(5-8-31)29-19(32)13-34-9-6-14-2-1-3-17-18(14)12-28-30-20(17)33/h1-3,10-12,16H,4-9,13H2,(H,29,32)(H,30,33). The van der Waals surface area contributed by atoms with E-state index in [2.05, 4.69) is 25.5 Å². The van der Waals surface area contributed by atoms with Crippen LogP contribution in [-0.2, 0) is 22.1 Å². The van der Waals surface area contributed by atoms with E-state index >= 15 is 0 Å². The van der Waals surface area contributed by atoms with Crippen LogP contribution in [0.2, 0.25) is 0 Å². The lowest BCUT2D eigenvalue weighted by Crippen LogP contribution is -2.46. The number of aromatic nitrogens is 4. The molecule has 3 aromatic rings. The Labute approximate surface area is 192 Å². The maximum Gasteiger partial charge on any atom is 0.419 e. The number of nitrogens with one attached hydrogen (secondary N) is 2. The quantitative estimate of drug-likeness (QED) is 0.502. The summed E-state index contributed by atoms with van der Waals surface area (Å²) in [6, 6.07) is 5.35. The van der Waals surface area contributed by atoms with Gasteiger partial charge in [0.25, 0.3) is 5.56 Å². The molecule has 1 amide bonds. The SMILES string of the molecule is O=C(COCCc1cccc2c(=O)[nH]ncc12)NC1CCN(c2ncc(C(F)(F)F)cn2)CC1. The Hall–Kier alpha value is -3.54. The molecule has 34 heavy (non-hydrogen) atoms. The van der Waals surface area contributed by atoms with Crippen LogP contribution < -0.4 is 15.8 Å². The Morgan fingerprint density at radius 2 is 1.88 bits per heavy atom. The lowest BCUT2D eigenvalue weighted by atomic mass is 10.1. The first kappa shape index (κ1) is 23.6. The maximum atomic E-state index is 12.6. The summed E-state index contributed by atoms with van der Waals surface area (Å²) in [5.41, 5.74) is -0.228. The Bertz CT molecular complexity index is 1190. The Morgan fingerprint density at radius 1 is 1.15 bits per heavy atom. The monoisotopic (exact) mass is 476 g/mol. The van der Waals surface area contributed by atoms with Crippen LogP contribution in [0.5, 0.6) is 0 Å². The van der Waals surface area contributed by atoms with Gasteiger partial charge in [-0.25, -0.2) is 15.1 Å². The minimum Gasteiger partial charge on any atom is -0.371 e. The minimum absolute atomic E-state index is 0.0577. The molecule has 0 bridgehead atoms. The summed E-state index contributed by atoms with van der Waals surface area (Å²) in [7, 11) is 0. The van der Waals surface area contributed by atoms with Crippen LogP contribution in [0.3, 0.4) is 0 Å². The summed E-state index contributed by atoms with van der Waals surface area (Å²) in [6.45, 7) is 1.26. The van der Waals surface area contributed by atoms with Crippen molar-refractivity contribution in [2.45, 2.75) is 31.5 Å². The van der Waals surface area contributed by atoms with Crippen LogP contribution >= 0.6 is 0 Å². The van der Waals surface area contributed by atoms with Gasteiger partial charge < -0.3 is 15.0 Å². The third kappa shape index (κ3) is 5.68. The molecule has 0 unspecified atom stereocenters. The number of amides is 1. The van der Waals surface area contributed by atoms with Crippen LogP contribution in [-0.4, -0.2) is 58.4 Å². The summed E-state index contributed by atoms with van der Waals surface area (Å²) >= 11 is 0. The molecule has 2 N–H and O–H groups in total. The molecule has 180 valence electrons. The average molecular weight is 476 g/mol. The van der Waals surface area contributed by atoms with E-state index in [0.29, 0.717) is 44.3 Å². The number of ether oxygens (including phenoxy) is 1. The molecular formula is C22H23F3N6O3. The Balaban J connectivity index is 1.19. The molecule has 3 heterocycles.